The third-order valence-electron chi connectivity index (χ3n) is 4.13. The number of anilines is 2. The Kier molecular flexibility index (Phi) is 3.08. The van der Waals surface area contributed by atoms with E-state index in [1.165, 1.54) is 6.42 Å². The second-order valence-corrected chi connectivity index (χ2v) is 5.77. The number of pyridine rings is 1. The van der Waals surface area contributed by atoms with Crippen molar-refractivity contribution in [1.82, 2.24) is 4.98 Å². The Hall–Kier alpha value is -1.00. The van der Waals surface area contributed by atoms with Gasteiger partial charge < -0.3 is 15.4 Å². The first-order valence-corrected chi connectivity index (χ1v) is 6.80. The molecule has 0 bridgehead atoms. The molecule has 4 nitrogen and oxygen atoms in total. The molecule has 18 heavy (non-hydrogen) atoms. The molecule has 1 aromatic heterocycles. The minimum atomic E-state index is 0.407. The third-order valence-corrected chi connectivity index (χ3v) is 4.41. The molecule has 0 aliphatic carbocycles. The second kappa shape index (κ2) is 4.59. The summed E-state index contributed by atoms with van der Waals surface area (Å²) in [5.41, 5.74) is 6.70. The van der Waals surface area contributed by atoms with Gasteiger partial charge in [-0.3, -0.25) is 0 Å². The van der Waals surface area contributed by atoms with Crippen molar-refractivity contribution >= 4 is 23.1 Å². The average Bonchev–Trinajstić information content (AvgIpc) is 2.74. The van der Waals surface area contributed by atoms with Crippen LogP contribution in [0, 0.1) is 5.41 Å². The zero-order chi connectivity index (χ0) is 12.6. The van der Waals surface area contributed by atoms with Crippen LogP contribution in [0.2, 0.25) is 5.02 Å². The highest BCUT2D eigenvalue weighted by atomic mass is 35.5. The maximum atomic E-state index is 6.23. The number of aromatic nitrogens is 1. The fourth-order valence-electron chi connectivity index (χ4n) is 3.01. The first-order chi connectivity index (χ1) is 8.69. The van der Waals surface area contributed by atoms with Gasteiger partial charge in [0.15, 0.2) is 0 Å². The summed E-state index contributed by atoms with van der Waals surface area (Å²) in [6.45, 7) is 3.83. The highest BCUT2D eigenvalue weighted by Crippen LogP contribution is 2.42. The summed E-state index contributed by atoms with van der Waals surface area (Å²) >= 11 is 6.23. The van der Waals surface area contributed by atoms with E-state index >= 15 is 0 Å². The smallest absolute Gasteiger partial charge is 0.147 e. The van der Waals surface area contributed by atoms with Gasteiger partial charge in [0.05, 0.1) is 16.9 Å². The van der Waals surface area contributed by atoms with Gasteiger partial charge in [0.2, 0.25) is 0 Å². The van der Waals surface area contributed by atoms with Gasteiger partial charge in [-0.25, -0.2) is 4.98 Å². The average molecular weight is 268 g/mol. The largest absolute Gasteiger partial charge is 0.397 e. The number of nitrogens with two attached hydrogens (primary N) is 1. The van der Waals surface area contributed by atoms with E-state index in [1.807, 2.05) is 0 Å². The predicted molar refractivity (Wildman–Crippen MR) is 73.0 cm³/mol. The molecule has 1 aromatic rings. The van der Waals surface area contributed by atoms with E-state index in [0.717, 1.165) is 45.0 Å². The van der Waals surface area contributed by atoms with E-state index in [9.17, 15) is 0 Å². The topological polar surface area (TPSA) is 51.4 Å². The fraction of sp³-hybridized carbons (Fsp3) is 0.615. The van der Waals surface area contributed by atoms with Crippen molar-refractivity contribution in [3.05, 3.63) is 17.3 Å². The number of hydrogen-bond donors (Lipinski definition) is 1. The lowest BCUT2D eigenvalue weighted by atomic mass is 9.80. The molecule has 0 amide bonds. The molecule has 0 saturated carbocycles. The Balaban J connectivity index is 1.78. The Morgan fingerprint density at radius 1 is 1.33 bits per heavy atom. The van der Waals surface area contributed by atoms with Crippen molar-refractivity contribution in [3.8, 4) is 0 Å². The molecule has 3 rings (SSSR count). The van der Waals surface area contributed by atoms with Gasteiger partial charge in [0.1, 0.15) is 5.82 Å². The summed E-state index contributed by atoms with van der Waals surface area (Å²) in [7, 11) is 0. The van der Waals surface area contributed by atoms with Crippen molar-refractivity contribution in [3.63, 3.8) is 0 Å². The van der Waals surface area contributed by atoms with Crippen LogP contribution in [0.25, 0.3) is 0 Å². The highest BCUT2D eigenvalue weighted by Gasteiger charge is 2.40. The molecule has 2 saturated heterocycles. The Morgan fingerprint density at radius 2 is 2.11 bits per heavy atom. The van der Waals surface area contributed by atoms with Crippen LogP contribution in [0.3, 0.4) is 0 Å². The minimum absolute atomic E-state index is 0.407. The van der Waals surface area contributed by atoms with Crippen LogP contribution in [0.4, 0.5) is 11.5 Å². The van der Waals surface area contributed by atoms with Gasteiger partial charge in [-0.2, -0.15) is 0 Å². The first-order valence-electron chi connectivity index (χ1n) is 6.42. The van der Waals surface area contributed by atoms with Gasteiger partial charge in [-0.15, -0.1) is 0 Å². The highest BCUT2D eigenvalue weighted by molar-refractivity contribution is 6.33. The lowest BCUT2D eigenvalue weighted by molar-refractivity contribution is 0.0254. The van der Waals surface area contributed by atoms with E-state index < -0.39 is 0 Å². The predicted octanol–water partition coefficient (Wildman–Crippen LogP) is 2.32. The number of nitrogen functional groups attached to an aromatic ring is 1. The van der Waals surface area contributed by atoms with Gasteiger partial charge in [0, 0.05) is 26.3 Å². The Bertz CT molecular complexity index is 446. The maximum Gasteiger partial charge on any atom is 0.147 e. The number of ether oxygens (including phenoxy) is 1. The molecule has 2 aliphatic rings. The number of halogens is 1. The van der Waals surface area contributed by atoms with Crippen molar-refractivity contribution < 1.29 is 4.74 Å². The first kappa shape index (κ1) is 12.1. The molecule has 0 aromatic carbocycles. The van der Waals surface area contributed by atoms with E-state index in [1.54, 1.807) is 12.3 Å². The molecule has 0 radical (unpaired) electrons. The molecule has 2 fully saturated rings. The maximum absolute atomic E-state index is 6.23. The van der Waals surface area contributed by atoms with Crippen molar-refractivity contribution in [1.29, 1.82) is 0 Å². The molecule has 3 heterocycles. The summed E-state index contributed by atoms with van der Waals surface area (Å²) in [6, 6.07) is 1.78. The summed E-state index contributed by atoms with van der Waals surface area (Å²) in [6.07, 6.45) is 5.18. The van der Waals surface area contributed by atoms with E-state index in [4.69, 9.17) is 22.1 Å². The van der Waals surface area contributed by atoms with Crippen LogP contribution in [-0.2, 0) is 4.74 Å². The fourth-order valence-corrected chi connectivity index (χ4v) is 3.30. The van der Waals surface area contributed by atoms with Crippen molar-refractivity contribution in [2.24, 2.45) is 5.41 Å². The summed E-state index contributed by atoms with van der Waals surface area (Å²) < 4.78 is 5.46. The molecule has 2 aliphatic heterocycles. The zero-order valence-electron chi connectivity index (χ0n) is 10.4. The molecule has 0 unspecified atom stereocenters. The number of hydrogen-bond acceptors (Lipinski definition) is 4. The molecule has 1 spiro atoms. The zero-order valence-corrected chi connectivity index (χ0v) is 11.1. The normalized spacial score (nSPS) is 22.6. The van der Waals surface area contributed by atoms with Crippen LogP contribution < -0.4 is 10.6 Å². The number of rotatable bonds is 1. The van der Waals surface area contributed by atoms with Gasteiger partial charge in [0.25, 0.3) is 0 Å². The summed E-state index contributed by atoms with van der Waals surface area (Å²) in [5, 5.41) is 0.652. The van der Waals surface area contributed by atoms with E-state index in [-0.39, 0.29) is 0 Å². The van der Waals surface area contributed by atoms with Crippen LogP contribution >= 0.6 is 11.6 Å². The van der Waals surface area contributed by atoms with Crippen LogP contribution in [0.15, 0.2) is 12.3 Å². The minimum Gasteiger partial charge on any atom is -0.397 e. The third kappa shape index (κ3) is 2.15. The van der Waals surface area contributed by atoms with Crippen molar-refractivity contribution in [2.75, 3.05) is 36.9 Å². The van der Waals surface area contributed by atoms with Crippen LogP contribution in [0.1, 0.15) is 19.3 Å². The lowest BCUT2D eigenvalue weighted by Gasteiger charge is -2.33. The van der Waals surface area contributed by atoms with Gasteiger partial charge >= 0.3 is 0 Å². The molecule has 2 N–H and O–H groups in total. The Morgan fingerprint density at radius 3 is 2.83 bits per heavy atom. The van der Waals surface area contributed by atoms with Gasteiger partial charge in [-0.05, 0) is 30.7 Å². The quantitative estimate of drug-likeness (QED) is 0.848. The standard InChI is InChI=1S/C13H18ClN3O/c14-11-7-10(15)8-16-12(11)17-4-1-13(9-17)2-5-18-6-3-13/h7-8H,1-6,9,15H2. The molecule has 98 valence electrons. The monoisotopic (exact) mass is 267 g/mol. The Labute approximate surface area is 112 Å². The SMILES string of the molecule is Nc1cnc(N2CCC3(CCOCC3)C2)c(Cl)c1. The summed E-state index contributed by atoms with van der Waals surface area (Å²) in [4.78, 5) is 6.66. The van der Waals surface area contributed by atoms with E-state index in [2.05, 4.69) is 9.88 Å². The molecule has 5 heteroatoms. The van der Waals surface area contributed by atoms with Crippen LogP contribution in [-0.4, -0.2) is 31.3 Å². The van der Waals surface area contributed by atoms with Crippen LogP contribution in [0.5, 0.6) is 0 Å². The summed E-state index contributed by atoms with van der Waals surface area (Å²) in [5.74, 6) is 0.870. The molecule has 0 atom stereocenters. The van der Waals surface area contributed by atoms with E-state index in [0.29, 0.717) is 16.1 Å². The van der Waals surface area contributed by atoms with Gasteiger partial charge in [-0.1, -0.05) is 11.6 Å². The van der Waals surface area contributed by atoms with Crippen molar-refractivity contribution in [2.45, 2.75) is 19.3 Å². The lowest BCUT2D eigenvalue weighted by Crippen LogP contribution is -2.33. The second-order valence-electron chi connectivity index (χ2n) is 5.36. The molecular formula is C13H18ClN3O. The number of nitrogens with zero attached hydrogens (tertiary/aromatic N) is 2. The molecular weight excluding hydrogens is 250 g/mol.